The van der Waals surface area contributed by atoms with E-state index in [-0.39, 0.29) is 17.9 Å². The van der Waals surface area contributed by atoms with Gasteiger partial charge in [-0.3, -0.25) is 0 Å². The van der Waals surface area contributed by atoms with E-state index in [1.165, 1.54) is 48.5 Å². The molecule has 0 unspecified atom stereocenters. The van der Waals surface area contributed by atoms with Crippen molar-refractivity contribution in [1.29, 1.82) is 0 Å². The quantitative estimate of drug-likeness (QED) is 0.170. The van der Waals surface area contributed by atoms with Crippen molar-refractivity contribution in [2.24, 2.45) is 0 Å². The summed E-state index contributed by atoms with van der Waals surface area (Å²) in [4.78, 5) is 11.6. The number of carboxylic acids is 1. The van der Waals surface area contributed by atoms with E-state index in [2.05, 4.69) is 0 Å². The van der Waals surface area contributed by atoms with Crippen LogP contribution >= 0.6 is 0 Å². The van der Waals surface area contributed by atoms with E-state index in [4.69, 9.17) is 9.47 Å². The molecule has 0 saturated carbocycles. The van der Waals surface area contributed by atoms with Crippen LogP contribution in [0.5, 0.6) is 5.75 Å². The standard InChI is InChI=1S/C33H27F4NO4/c1-33(2,19-42-32(36)37)30-28(21-8-10-22(11-9-21)31(39)40)29-26(38(30)25-14-12-23(34)13-15-25)16-24(35)17-27(29)41-18-20-6-4-3-5-7-20/h3-17,32H,18-19H2,1-2H3,(H,39,40). The summed E-state index contributed by atoms with van der Waals surface area (Å²) in [5.74, 6) is -2.01. The maximum absolute atomic E-state index is 15.3. The Labute approximate surface area is 239 Å². The third-order valence-electron chi connectivity index (χ3n) is 6.95. The van der Waals surface area contributed by atoms with Gasteiger partial charge in [0.05, 0.1) is 23.1 Å². The smallest absolute Gasteiger partial charge is 0.345 e. The minimum Gasteiger partial charge on any atom is -0.488 e. The average Bonchev–Trinajstić information content (AvgIpc) is 3.32. The molecular weight excluding hydrogens is 550 g/mol. The molecule has 0 aliphatic heterocycles. The number of hydrogen-bond donors (Lipinski definition) is 1. The molecule has 9 heteroatoms. The van der Waals surface area contributed by atoms with Gasteiger partial charge in [0.2, 0.25) is 0 Å². The van der Waals surface area contributed by atoms with E-state index in [1.807, 2.05) is 30.3 Å². The molecule has 4 aromatic carbocycles. The van der Waals surface area contributed by atoms with Gasteiger partial charge in [0.1, 0.15) is 24.0 Å². The van der Waals surface area contributed by atoms with Crippen molar-refractivity contribution in [2.75, 3.05) is 6.61 Å². The summed E-state index contributed by atoms with van der Waals surface area (Å²) in [6.45, 7) is 0.0872. The third-order valence-corrected chi connectivity index (χ3v) is 6.95. The molecule has 216 valence electrons. The highest BCUT2D eigenvalue weighted by Crippen LogP contribution is 2.47. The van der Waals surface area contributed by atoms with Crippen LogP contribution in [0.1, 0.15) is 35.5 Å². The number of aromatic carboxylic acids is 1. The summed E-state index contributed by atoms with van der Waals surface area (Å²) >= 11 is 0. The second-order valence-corrected chi connectivity index (χ2v) is 10.4. The zero-order valence-electron chi connectivity index (χ0n) is 22.8. The number of halogens is 4. The van der Waals surface area contributed by atoms with Crippen LogP contribution in [0.2, 0.25) is 0 Å². The highest BCUT2D eigenvalue weighted by atomic mass is 19.3. The first-order valence-corrected chi connectivity index (χ1v) is 13.1. The van der Waals surface area contributed by atoms with Crippen molar-refractivity contribution in [2.45, 2.75) is 32.5 Å². The largest absolute Gasteiger partial charge is 0.488 e. The van der Waals surface area contributed by atoms with Crippen LogP contribution < -0.4 is 4.74 Å². The zero-order valence-corrected chi connectivity index (χ0v) is 22.8. The average molecular weight is 578 g/mol. The molecule has 0 radical (unpaired) electrons. The molecule has 0 saturated heterocycles. The minimum atomic E-state index is -3.03. The summed E-state index contributed by atoms with van der Waals surface area (Å²) < 4.78 is 68.5. The Morgan fingerprint density at radius 1 is 0.905 bits per heavy atom. The third kappa shape index (κ3) is 5.87. The van der Waals surface area contributed by atoms with E-state index in [9.17, 15) is 23.1 Å². The molecular formula is C33H27F4NO4. The van der Waals surface area contributed by atoms with E-state index in [0.717, 1.165) is 5.56 Å². The van der Waals surface area contributed by atoms with E-state index in [0.29, 0.717) is 33.4 Å². The molecule has 5 rings (SSSR count). The van der Waals surface area contributed by atoms with Gasteiger partial charge in [-0.2, -0.15) is 8.78 Å². The summed E-state index contributed by atoms with van der Waals surface area (Å²) in [6.07, 6.45) is 0. The Morgan fingerprint density at radius 2 is 1.57 bits per heavy atom. The van der Waals surface area contributed by atoms with Crippen LogP contribution in [0, 0.1) is 11.6 Å². The number of nitrogens with zero attached hydrogens (tertiary/aromatic N) is 1. The van der Waals surface area contributed by atoms with Gasteiger partial charge in [-0.05, 0) is 53.6 Å². The summed E-state index contributed by atoms with van der Waals surface area (Å²) in [5, 5.41) is 9.94. The minimum absolute atomic E-state index is 0.0504. The summed E-state index contributed by atoms with van der Waals surface area (Å²) in [7, 11) is 0. The van der Waals surface area contributed by atoms with Gasteiger partial charge in [0.15, 0.2) is 0 Å². The van der Waals surface area contributed by atoms with Crippen molar-refractivity contribution in [1.82, 2.24) is 4.57 Å². The normalized spacial score (nSPS) is 11.8. The van der Waals surface area contributed by atoms with Crippen molar-refractivity contribution < 1.29 is 36.9 Å². The molecule has 0 amide bonds. The van der Waals surface area contributed by atoms with Gasteiger partial charge in [-0.1, -0.05) is 56.3 Å². The molecule has 1 heterocycles. The predicted octanol–water partition coefficient (Wildman–Crippen LogP) is 8.37. The highest BCUT2D eigenvalue weighted by molar-refractivity contribution is 6.04. The van der Waals surface area contributed by atoms with Crippen molar-refractivity contribution in [3.8, 4) is 22.6 Å². The molecule has 0 aliphatic carbocycles. The fourth-order valence-corrected chi connectivity index (χ4v) is 5.10. The van der Waals surface area contributed by atoms with Crippen molar-refractivity contribution >= 4 is 16.9 Å². The van der Waals surface area contributed by atoms with E-state index in [1.54, 1.807) is 30.5 Å². The summed E-state index contributed by atoms with van der Waals surface area (Å²) in [6, 6.07) is 23.4. The fraction of sp³-hybridized carbons (Fsp3) is 0.182. The Bertz CT molecular complexity index is 1710. The number of ether oxygens (including phenoxy) is 2. The first-order chi connectivity index (χ1) is 20.0. The number of fused-ring (bicyclic) bond motifs is 1. The first kappa shape index (κ1) is 28.9. The van der Waals surface area contributed by atoms with Crippen LogP contribution in [0.4, 0.5) is 17.6 Å². The second kappa shape index (κ2) is 11.7. The lowest BCUT2D eigenvalue weighted by Crippen LogP contribution is -2.29. The highest BCUT2D eigenvalue weighted by Gasteiger charge is 2.34. The van der Waals surface area contributed by atoms with E-state index < -0.39 is 36.2 Å². The monoisotopic (exact) mass is 577 g/mol. The second-order valence-electron chi connectivity index (χ2n) is 10.4. The maximum atomic E-state index is 15.3. The molecule has 42 heavy (non-hydrogen) atoms. The van der Waals surface area contributed by atoms with Gasteiger partial charge >= 0.3 is 12.6 Å². The van der Waals surface area contributed by atoms with Gasteiger partial charge < -0.3 is 19.1 Å². The topological polar surface area (TPSA) is 60.7 Å². The van der Waals surface area contributed by atoms with Gasteiger partial charge in [-0.15, -0.1) is 0 Å². The van der Waals surface area contributed by atoms with Crippen LogP contribution in [0.3, 0.4) is 0 Å². The van der Waals surface area contributed by atoms with E-state index >= 15 is 4.39 Å². The summed E-state index contributed by atoms with van der Waals surface area (Å²) in [5.41, 5.74) is 2.09. The lowest BCUT2D eigenvalue weighted by atomic mass is 9.84. The number of alkyl halides is 2. The Hall–Kier alpha value is -4.63. The van der Waals surface area contributed by atoms with Gasteiger partial charge in [0.25, 0.3) is 0 Å². The first-order valence-electron chi connectivity index (χ1n) is 13.1. The van der Waals surface area contributed by atoms with Crippen molar-refractivity contribution in [3.63, 3.8) is 0 Å². The number of rotatable bonds is 10. The molecule has 0 atom stereocenters. The van der Waals surface area contributed by atoms with Crippen LogP contribution in [-0.2, 0) is 16.8 Å². The van der Waals surface area contributed by atoms with Crippen LogP contribution in [-0.4, -0.2) is 28.9 Å². The Kier molecular flexibility index (Phi) is 8.04. The number of hydrogen-bond acceptors (Lipinski definition) is 3. The molecule has 0 aliphatic rings. The molecule has 0 bridgehead atoms. The SMILES string of the molecule is CC(C)(COC(F)F)c1c(-c2ccc(C(=O)O)cc2)c2c(OCc3ccccc3)cc(F)cc2n1-c1ccc(F)cc1. The fourth-order valence-electron chi connectivity index (χ4n) is 5.10. The molecule has 5 nitrogen and oxygen atoms in total. The van der Waals surface area contributed by atoms with Crippen LogP contribution in [0.25, 0.3) is 27.7 Å². The Morgan fingerprint density at radius 3 is 2.19 bits per heavy atom. The van der Waals surface area contributed by atoms with Gasteiger partial charge in [-0.25, -0.2) is 13.6 Å². The predicted molar refractivity (Wildman–Crippen MR) is 151 cm³/mol. The lowest BCUT2D eigenvalue weighted by Gasteiger charge is -2.28. The number of carbonyl (C=O) groups is 1. The molecule has 0 spiro atoms. The number of benzene rings is 4. The number of carboxylic acid groups (broad SMARTS) is 1. The van der Waals surface area contributed by atoms with Gasteiger partial charge in [0, 0.05) is 28.4 Å². The lowest BCUT2D eigenvalue weighted by molar-refractivity contribution is -0.139. The van der Waals surface area contributed by atoms with Crippen molar-refractivity contribution in [3.05, 3.63) is 119 Å². The van der Waals surface area contributed by atoms with Crippen LogP contribution in [0.15, 0.2) is 91.0 Å². The zero-order chi connectivity index (χ0) is 30.0. The molecule has 1 aromatic heterocycles. The maximum Gasteiger partial charge on any atom is 0.345 e. The molecule has 0 fully saturated rings. The Balaban J connectivity index is 1.86. The molecule has 5 aromatic rings. The molecule has 1 N–H and O–H groups in total. The number of aromatic nitrogens is 1.